The summed E-state index contributed by atoms with van der Waals surface area (Å²) in [5.41, 5.74) is 0.680. The third-order valence-corrected chi connectivity index (χ3v) is 2.98. The Morgan fingerprint density at radius 2 is 2.06 bits per heavy atom. The lowest BCUT2D eigenvalue weighted by Gasteiger charge is -2.30. The van der Waals surface area contributed by atoms with Crippen LogP contribution in [0.15, 0.2) is 5.10 Å². The minimum atomic E-state index is -0.426. The third-order valence-electron chi connectivity index (χ3n) is 2.23. The van der Waals surface area contributed by atoms with Crippen LogP contribution >= 0.6 is 30.3 Å². The number of carbonyl (C=O) groups is 1. The van der Waals surface area contributed by atoms with Gasteiger partial charge in [0.2, 0.25) is 0 Å². The molecule has 0 bridgehead atoms. The molecule has 1 rings (SSSR count). The predicted molar refractivity (Wildman–Crippen MR) is 79.2 cm³/mol. The van der Waals surface area contributed by atoms with E-state index in [4.69, 9.17) is 4.74 Å². The van der Waals surface area contributed by atoms with Crippen LogP contribution in [0.1, 0.15) is 33.6 Å². The van der Waals surface area contributed by atoms with Crippen LogP contribution in [0.4, 0.5) is 4.79 Å². The Hall–Kier alpha value is -0.180. The van der Waals surface area contributed by atoms with Gasteiger partial charge in [-0.25, -0.2) is 9.63 Å². The largest absolute Gasteiger partial charge is 0.444 e. The van der Waals surface area contributed by atoms with E-state index in [1.54, 1.807) is 4.90 Å². The Morgan fingerprint density at radius 3 is 2.53 bits per heavy atom. The summed E-state index contributed by atoms with van der Waals surface area (Å²) in [6, 6.07) is 0. The first-order chi connectivity index (χ1) is 7.92. The van der Waals surface area contributed by atoms with Crippen molar-refractivity contribution in [2.24, 2.45) is 5.10 Å². The van der Waals surface area contributed by atoms with E-state index in [0.29, 0.717) is 13.1 Å². The fourth-order valence-corrected chi connectivity index (χ4v) is 1.93. The summed E-state index contributed by atoms with van der Waals surface area (Å²) in [6.45, 7) is 7.00. The van der Waals surface area contributed by atoms with Crippen LogP contribution < -0.4 is 4.83 Å². The number of hydrazone groups is 1. The van der Waals surface area contributed by atoms with E-state index in [0.717, 1.165) is 18.6 Å². The van der Waals surface area contributed by atoms with Crippen molar-refractivity contribution in [1.82, 2.24) is 9.73 Å². The summed E-state index contributed by atoms with van der Waals surface area (Å²) in [5, 5.41) is 4.21. The zero-order valence-electron chi connectivity index (χ0n) is 10.3. The molecule has 0 aromatic rings. The van der Waals surface area contributed by atoms with Crippen LogP contribution in [0.3, 0.4) is 0 Å². The number of nitrogens with one attached hydrogen (secondary N) is 1. The van der Waals surface area contributed by atoms with Gasteiger partial charge in [0.25, 0.3) is 0 Å². The van der Waals surface area contributed by atoms with E-state index in [9.17, 15) is 4.79 Å². The molecular formula is C10H18IN3O2S. The molecule has 1 amide bonds. The zero-order valence-corrected chi connectivity index (χ0v) is 13.3. The summed E-state index contributed by atoms with van der Waals surface area (Å²) in [6.07, 6.45) is 1.39. The fourth-order valence-electron chi connectivity index (χ4n) is 1.47. The number of carbonyl (C=O) groups excluding carboxylic acids is 1. The lowest BCUT2D eigenvalue weighted by molar-refractivity contribution is 0.0249. The van der Waals surface area contributed by atoms with Gasteiger partial charge >= 0.3 is 6.09 Å². The van der Waals surface area contributed by atoms with Crippen molar-refractivity contribution in [2.45, 2.75) is 39.2 Å². The van der Waals surface area contributed by atoms with E-state index < -0.39 is 5.60 Å². The zero-order chi connectivity index (χ0) is 12.9. The Balaban J connectivity index is 2.39. The molecule has 1 heterocycles. The highest BCUT2D eigenvalue weighted by Crippen LogP contribution is 2.14. The summed E-state index contributed by atoms with van der Waals surface area (Å²) in [4.78, 5) is 16.4. The molecule has 0 aromatic carbocycles. The Morgan fingerprint density at radius 1 is 1.47 bits per heavy atom. The van der Waals surface area contributed by atoms with E-state index in [2.05, 4.69) is 31.1 Å². The average molecular weight is 371 g/mol. The van der Waals surface area contributed by atoms with Gasteiger partial charge in [0.1, 0.15) is 5.60 Å². The standard InChI is InChI=1S/C10H18IN3O2S/c1-10(2,3)16-9(15)14-6-4-8(5-7-14)12-13-17-11/h13H,4-7H2,1-3H3. The molecule has 1 fully saturated rings. The molecule has 98 valence electrons. The first kappa shape index (κ1) is 14.9. The van der Waals surface area contributed by atoms with Gasteiger partial charge in [-0.3, -0.25) is 0 Å². The molecule has 17 heavy (non-hydrogen) atoms. The maximum absolute atomic E-state index is 11.8. The van der Waals surface area contributed by atoms with Gasteiger partial charge in [0.15, 0.2) is 0 Å². The average Bonchev–Trinajstić information content (AvgIpc) is 2.24. The van der Waals surface area contributed by atoms with Gasteiger partial charge in [-0.2, -0.15) is 5.10 Å². The van der Waals surface area contributed by atoms with E-state index in [1.165, 1.54) is 9.12 Å². The maximum Gasteiger partial charge on any atom is 0.410 e. The molecule has 5 nitrogen and oxygen atoms in total. The molecule has 0 radical (unpaired) electrons. The molecular weight excluding hydrogens is 353 g/mol. The third kappa shape index (κ3) is 5.80. The summed E-state index contributed by atoms with van der Waals surface area (Å²) in [5.74, 6) is 0. The second kappa shape index (κ2) is 6.67. The lowest BCUT2D eigenvalue weighted by Crippen LogP contribution is -2.42. The van der Waals surface area contributed by atoms with Gasteiger partial charge < -0.3 is 9.64 Å². The number of likely N-dealkylation sites (tertiary alicyclic amines) is 1. The number of hydrogen-bond donors (Lipinski definition) is 1. The van der Waals surface area contributed by atoms with Crippen molar-refractivity contribution < 1.29 is 9.53 Å². The van der Waals surface area contributed by atoms with Crippen molar-refractivity contribution in [2.75, 3.05) is 13.1 Å². The molecule has 1 aliphatic rings. The van der Waals surface area contributed by atoms with Crippen molar-refractivity contribution in [1.29, 1.82) is 0 Å². The molecule has 1 saturated heterocycles. The molecule has 0 atom stereocenters. The topological polar surface area (TPSA) is 53.9 Å². The molecule has 0 unspecified atom stereocenters. The van der Waals surface area contributed by atoms with Gasteiger partial charge in [-0.15, -0.1) is 0 Å². The van der Waals surface area contributed by atoms with Crippen LogP contribution in [-0.4, -0.2) is 35.4 Å². The highest BCUT2D eigenvalue weighted by Gasteiger charge is 2.25. The first-order valence-corrected chi connectivity index (χ1v) is 8.84. The fraction of sp³-hybridized carbons (Fsp3) is 0.800. The molecule has 7 heteroatoms. The number of halogens is 1. The van der Waals surface area contributed by atoms with Crippen molar-refractivity contribution >= 4 is 42.1 Å². The van der Waals surface area contributed by atoms with Gasteiger partial charge in [0.05, 0.1) is 0 Å². The highest BCUT2D eigenvalue weighted by molar-refractivity contribution is 14.2. The van der Waals surface area contributed by atoms with Crippen molar-refractivity contribution in [3.63, 3.8) is 0 Å². The number of rotatable bonds is 2. The van der Waals surface area contributed by atoms with Gasteiger partial charge in [-0.05, 0) is 20.8 Å². The second-order valence-electron chi connectivity index (χ2n) is 4.81. The molecule has 0 spiro atoms. The Kier molecular flexibility index (Phi) is 5.84. The highest BCUT2D eigenvalue weighted by atomic mass is 127. The summed E-state index contributed by atoms with van der Waals surface area (Å²) in [7, 11) is 1.44. The van der Waals surface area contributed by atoms with E-state index >= 15 is 0 Å². The number of ether oxygens (including phenoxy) is 1. The maximum atomic E-state index is 11.8. The number of amides is 1. The quantitative estimate of drug-likeness (QED) is 0.461. The van der Waals surface area contributed by atoms with Crippen molar-refractivity contribution in [3.05, 3.63) is 0 Å². The number of hydrogen-bond acceptors (Lipinski definition) is 5. The van der Waals surface area contributed by atoms with Crippen LogP contribution in [0.5, 0.6) is 0 Å². The predicted octanol–water partition coefficient (Wildman–Crippen LogP) is 2.96. The molecule has 0 aliphatic carbocycles. The number of nitrogens with zero attached hydrogens (tertiary/aromatic N) is 2. The molecule has 0 saturated carbocycles. The van der Waals surface area contributed by atoms with Crippen LogP contribution in [0, 0.1) is 0 Å². The SMILES string of the molecule is CC(C)(C)OC(=O)N1CCC(=NNSI)CC1. The van der Waals surface area contributed by atoms with E-state index in [1.807, 2.05) is 20.8 Å². The van der Waals surface area contributed by atoms with Crippen LogP contribution in [0.25, 0.3) is 0 Å². The smallest absolute Gasteiger partial charge is 0.410 e. The first-order valence-electron chi connectivity index (χ1n) is 5.48. The number of piperidine rings is 1. The lowest BCUT2D eigenvalue weighted by atomic mass is 10.1. The minimum Gasteiger partial charge on any atom is -0.444 e. The Labute approximate surface area is 118 Å². The van der Waals surface area contributed by atoms with Crippen molar-refractivity contribution in [3.8, 4) is 0 Å². The van der Waals surface area contributed by atoms with Gasteiger partial charge in [0, 0.05) is 62.0 Å². The monoisotopic (exact) mass is 371 g/mol. The summed E-state index contributed by atoms with van der Waals surface area (Å²) >= 11 is 2.13. The minimum absolute atomic E-state index is 0.229. The molecule has 0 aromatic heterocycles. The molecule has 1 aliphatic heterocycles. The molecule has 1 N–H and O–H groups in total. The Bertz CT molecular complexity index is 294. The van der Waals surface area contributed by atoms with E-state index in [-0.39, 0.29) is 6.09 Å². The van der Waals surface area contributed by atoms with Crippen LogP contribution in [0.2, 0.25) is 0 Å². The van der Waals surface area contributed by atoms with Gasteiger partial charge in [-0.1, -0.05) is 0 Å². The second-order valence-corrected chi connectivity index (χ2v) is 6.47. The summed E-state index contributed by atoms with van der Waals surface area (Å²) < 4.78 is 5.32. The van der Waals surface area contributed by atoms with Crippen LogP contribution in [-0.2, 0) is 4.74 Å². The normalized spacial score (nSPS) is 16.7.